The van der Waals surface area contributed by atoms with E-state index in [1.807, 2.05) is 5.32 Å². The highest BCUT2D eigenvalue weighted by atomic mass is 32.2. The van der Waals surface area contributed by atoms with Crippen LogP contribution in [0.2, 0.25) is 0 Å². The van der Waals surface area contributed by atoms with Crippen molar-refractivity contribution in [2.45, 2.75) is 31.0 Å². The van der Waals surface area contributed by atoms with Crippen molar-refractivity contribution >= 4 is 29.7 Å². The van der Waals surface area contributed by atoms with E-state index in [1.54, 1.807) is 19.9 Å². The smallest absolute Gasteiger partial charge is 0.338 e. The molecule has 0 spiro atoms. The predicted octanol–water partition coefficient (Wildman–Crippen LogP) is 1.07. The van der Waals surface area contributed by atoms with Crippen molar-refractivity contribution < 1.29 is 19.5 Å². The molecule has 7 nitrogen and oxygen atoms in total. The number of nitrogens with two attached hydrogens (primary N) is 1. The second kappa shape index (κ2) is 6.38. The molecule has 4 N–H and O–H groups in total. The number of imide groups is 1. The van der Waals surface area contributed by atoms with Crippen LogP contribution in [0.3, 0.4) is 0 Å². The first-order valence-corrected chi connectivity index (χ1v) is 6.58. The summed E-state index contributed by atoms with van der Waals surface area (Å²) in [6.07, 6.45) is 0. The number of aromatic nitrogens is 1. The first-order chi connectivity index (χ1) is 9.22. The highest BCUT2D eigenvalue weighted by Gasteiger charge is 2.22. The maximum atomic E-state index is 11.6. The van der Waals surface area contributed by atoms with Gasteiger partial charge in [-0.2, -0.15) is 0 Å². The van der Waals surface area contributed by atoms with Gasteiger partial charge in [-0.1, -0.05) is 11.8 Å². The number of carbonyl (C=O) groups is 3. The zero-order chi connectivity index (χ0) is 15.4. The molecule has 0 aromatic carbocycles. The lowest BCUT2D eigenvalue weighted by molar-refractivity contribution is -0.119. The minimum atomic E-state index is -1.11. The van der Waals surface area contributed by atoms with E-state index in [0.717, 1.165) is 11.8 Å². The van der Waals surface area contributed by atoms with Crippen LogP contribution in [-0.2, 0) is 4.79 Å². The normalized spacial score (nSPS) is 11.8. The van der Waals surface area contributed by atoms with Crippen molar-refractivity contribution in [1.82, 2.24) is 10.3 Å². The number of rotatable bonds is 4. The maximum absolute atomic E-state index is 11.6. The molecular formula is C12H15N3O4S. The number of aromatic carboxylic acids is 1. The van der Waals surface area contributed by atoms with Crippen LogP contribution >= 0.6 is 11.8 Å². The standard InChI is InChI=1S/C12H15N3O4S/c1-5-4-6(2)14-10(8(5)11(17)18)20-7(3)9(16)15-12(13)19/h4,7H,1-3H3,(H,17,18)(H3,13,15,16,19). The summed E-state index contributed by atoms with van der Waals surface area (Å²) in [7, 11) is 0. The van der Waals surface area contributed by atoms with Crippen LogP contribution in [-0.4, -0.2) is 33.2 Å². The number of thioether (sulfide) groups is 1. The number of nitrogens with one attached hydrogen (secondary N) is 1. The van der Waals surface area contributed by atoms with E-state index >= 15 is 0 Å². The Morgan fingerprint density at radius 3 is 2.50 bits per heavy atom. The zero-order valence-corrected chi connectivity index (χ0v) is 12.1. The lowest BCUT2D eigenvalue weighted by Gasteiger charge is -2.13. The molecule has 1 heterocycles. The lowest BCUT2D eigenvalue weighted by atomic mass is 10.1. The number of pyridine rings is 1. The molecule has 108 valence electrons. The number of hydrogen-bond acceptors (Lipinski definition) is 5. The average molecular weight is 297 g/mol. The molecule has 0 aliphatic rings. The van der Waals surface area contributed by atoms with Crippen molar-refractivity contribution in [3.05, 3.63) is 22.9 Å². The molecule has 20 heavy (non-hydrogen) atoms. The van der Waals surface area contributed by atoms with Gasteiger partial charge in [0.15, 0.2) is 0 Å². The van der Waals surface area contributed by atoms with Crippen molar-refractivity contribution in [3.63, 3.8) is 0 Å². The molecule has 3 amide bonds. The van der Waals surface area contributed by atoms with E-state index in [9.17, 15) is 19.5 Å². The quantitative estimate of drug-likeness (QED) is 0.714. The molecular weight excluding hydrogens is 282 g/mol. The highest BCUT2D eigenvalue weighted by Crippen LogP contribution is 2.27. The summed E-state index contributed by atoms with van der Waals surface area (Å²) in [6, 6.07) is 0.705. The SMILES string of the molecule is Cc1cc(C)c(C(=O)O)c(SC(C)C(=O)NC(N)=O)n1. The number of aryl methyl sites for hydroxylation is 2. The molecule has 1 rings (SSSR count). The van der Waals surface area contributed by atoms with Gasteiger partial charge in [0.2, 0.25) is 5.91 Å². The fraction of sp³-hybridized carbons (Fsp3) is 0.333. The Hall–Kier alpha value is -2.09. The lowest BCUT2D eigenvalue weighted by Crippen LogP contribution is -2.39. The van der Waals surface area contributed by atoms with Crippen LogP contribution in [0.1, 0.15) is 28.5 Å². The summed E-state index contributed by atoms with van der Waals surface area (Å²) in [5, 5.41) is 10.7. The number of carboxylic acids is 1. The Morgan fingerprint density at radius 2 is 2.00 bits per heavy atom. The summed E-state index contributed by atoms with van der Waals surface area (Å²) in [6.45, 7) is 4.93. The summed E-state index contributed by atoms with van der Waals surface area (Å²) in [5.74, 6) is -1.71. The fourth-order valence-corrected chi connectivity index (χ4v) is 2.66. The number of nitrogens with zero attached hydrogens (tertiary/aromatic N) is 1. The number of primary amides is 1. The molecule has 0 aliphatic heterocycles. The molecule has 0 saturated heterocycles. The number of amides is 3. The van der Waals surface area contributed by atoms with E-state index in [0.29, 0.717) is 11.3 Å². The number of hydrogen-bond donors (Lipinski definition) is 3. The minimum Gasteiger partial charge on any atom is -0.478 e. The van der Waals surface area contributed by atoms with E-state index in [1.165, 1.54) is 6.92 Å². The average Bonchev–Trinajstić information content (AvgIpc) is 2.25. The summed E-state index contributed by atoms with van der Waals surface area (Å²) >= 11 is 0.965. The van der Waals surface area contributed by atoms with Crippen molar-refractivity contribution in [2.75, 3.05) is 0 Å². The predicted molar refractivity (Wildman–Crippen MR) is 73.7 cm³/mol. The first kappa shape index (κ1) is 16.0. The molecule has 0 fully saturated rings. The second-order valence-electron chi connectivity index (χ2n) is 4.18. The summed E-state index contributed by atoms with van der Waals surface area (Å²) < 4.78 is 0. The summed E-state index contributed by atoms with van der Waals surface area (Å²) in [5.41, 5.74) is 6.13. The van der Waals surface area contributed by atoms with E-state index in [4.69, 9.17) is 5.73 Å². The number of carbonyl (C=O) groups excluding carboxylic acids is 2. The van der Waals surface area contributed by atoms with Gasteiger partial charge in [-0.25, -0.2) is 14.6 Å². The van der Waals surface area contributed by atoms with Crippen LogP contribution in [0.25, 0.3) is 0 Å². The maximum Gasteiger partial charge on any atom is 0.338 e. The van der Waals surface area contributed by atoms with Crippen LogP contribution in [0, 0.1) is 13.8 Å². The third kappa shape index (κ3) is 3.95. The second-order valence-corrected chi connectivity index (χ2v) is 5.51. The topological polar surface area (TPSA) is 122 Å². The number of urea groups is 1. The van der Waals surface area contributed by atoms with E-state index in [-0.39, 0.29) is 10.6 Å². The molecule has 0 radical (unpaired) electrons. The molecule has 1 atom stereocenters. The molecule has 0 bridgehead atoms. The molecule has 8 heteroatoms. The monoisotopic (exact) mass is 297 g/mol. The highest BCUT2D eigenvalue weighted by molar-refractivity contribution is 8.00. The van der Waals surface area contributed by atoms with Crippen molar-refractivity contribution in [2.24, 2.45) is 5.73 Å². The van der Waals surface area contributed by atoms with Crippen LogP contribution < -0.4 is 11.1 Å². The Kier molecular flexibility index (Phi) is 5.09. The fourth-order valence-electron chi connectivity index (χ4n) is 1.59. The van der Waals surface area contributed by atoms with Gasteiger partial charge >= 0.3 is 12.0 Å². The molecule has 0 aliphatic carbocycles. The van der Waals surface area contributed by atoms with Gasteiger partial charge in [0.25, 0.3) is 0 Å². The minimum absolute atomic E-state index is 0.0549. The van der Waals surface area contributed by atoms with Crippen molar-refractivity contribution in [1.29, 1.82) is 0 Å². The van der Waals surface area contributed by atoms with Crippen LogP contribution in [0.15, 0.2) is 11.1 Å². The Morgan fingerprint density at radius 1 is 1.40 bits per heavy atom. The van der Waals surface area contributed by atoms with Crippen LogP contribution in [0.5, 0.6) is 0 Å². The van der Waals surface area contributed by atoms with Gasteiger partial charge in [-0.05, 0) is 32.4 Å². The van der Waals surface area contributed by atoms with Gasteiger partial charge in [0, 0.05) is 5.69 Å². The van der Waals surface area contributed by atoms with Gasteiger partial charge in [-0.15, -0.1) is 0 Å². The Balaban J connectivity index is 3.05. The first-order valence-electron chi connectivity index (χ1n) is 5.71. The van der Waals surface area contributed by atoms with Gasteiger partial charge in [-0.3, -0.25) is 10.1 Å². The largest absolute Gasteiger partial charge is 0.478 e. The van der Waals surface area contributed by atoms with Gasteiger partial charge in [0.1, 0.15) is 5.03 Å². The zero-order valence-electron chi connectivity index (χ0n) is 11.3. The Labute approximate surface area is 119 Å². The number of carboxylic acid groups (broad SMARTS) is 1. The molecule has 1 aromatic rings. The van der Waals surface area contributed by atoms with Gasteiger partial charge in [0.05, 0.1) is 10.8 Å². The van der Waals surface area contributed by atoms with E-state index < -0.39 is 23.2 Å². The third-order valence-electron chi connectivity index (χ3n) is 2.43. The molecule has 0 saturated carbocycles. The third-order valence-corrected chi connectivity index (χ3v) is 3.52. The van der Waals surface area contributed by atoms with Crippen LogP contribution in [0.4, 0.5) is 4.79 Å². The molecule has 1 unspecified atom stereocenters. The molecule has 1 aromatic heterocycles. The summed E-state index contributed by atoms with van der Waals surface area (Å²) in [4.78, 5) is 37.6. The van der Waals surface area contributed by atoms with Crippen molar-refractivity contribution in [3.8, 4) is 0 Å². The van der Waals surface area contributed by atoms with Gasteiger partial charge < -0.3 is 10.8 Å². The Bertz CT molecular complexity index is 574. The van der Waals surface area contributed by atoms with E-state index in [2.05, 4.69) is 4.98 Å².